The molecular formula is C14H18BrFO2. The topological polar surface area (TPSA) is 29.5 Å². The monoisotopic (exact) mass is 316 g/mol. The van der Waals surface area contributed by atoms with Gasteiger partial charge in [0.15, 0.2) is 0 Å². The molecule has 3 unspecified atom stereocenters. The molecule has 3 atom stereocenters. The molecule has 0 amide bonds. The lowest BCUT2D eigenvalue weighted by Crippen LogP contribution is -2.29. The van der Waals surface area contributed by atoms with Crippen LogP contribution < -0.4 is 0 Å². The third-order valence-corrected chi connectivity index (χ3v) is 4.09. The second-order valence-electron chi connectivity index (χ2n) is 4.78. The maximum atomic E-state index is 13.6. The molecule has 0 bridgehead atoms. The van der Waals surface area contributed by atoms with Crippen LogP contribution in [0.2, 0.25) is 0 Å². The lowest BCUT2D eigenvalue weighted by atomic mass is 9.89. The Morgan fingerprint density at radius 1 is 1.56 bits per heavy atom. The number of benzene rings is 1. The quantitative estimate of drug-likeness (QED) is 0.923. The van der Waals surface area contributed by atoms with Gasteiger partial charge < -0.3 is 9.84 Å². The summed E-state index contributed by atoms with van der Waals surface area (Å²) in [6.07, 6.45) is 1.66. The van der Waals surface area contributed by atoms with Gasteiger partial charge in [-0.15, -0.1) is 0 Å². The van der Waals surface area contributed by atoms with Crippen LogP contribution in [-0.4, -0.2) is 23.9 Å². The van der Waals surface area contributed by atoms with E-state index in [2.05, 4.69) is 22.9 Å². The highest BCUT2D eigenvalue weighted by Gasteiger charge is 2.32. The third-order valence-electron chi connectivity index (χ3n) is 3.59. The van der Waals surface area contributed by atoms with Gasteiger partial charge in [0.25, 0.3) is 0 Å². The van der Waals surface area contributed by atoms with Crippen LogP contribution in [0.4, 0.5) is 4.39 Å². The van der Waals surface area contributed by atoms with Crippen LogP contribution in [-0.2, 0) is 11.2 Å². The van der Waals surface area contributed by atoms with Crippen molar-refractivity contribution < 1.29 is 14.2 Å². The number of ether oxygens (including phenoxy) is 1. The summed E-state index contributed by atoms with van der Waals surface area (Å²) in [5, 5.41) is 10.3. The zero-order valence-corrected chi connectivity index (χ0v) is 12.0. The van der Waals surface area contributed by atoms with Gasteiger partial charge in [-0.2, -0.15) is 0 Å². The molecule has 1 aromatic rings. The van der Waals surface area contributed by atoms with Gasteiger partial charge in [-0.05, 0) is 36.6 Å². The summed E-state index contributed by atoms with van der Waals surface area (Å²) in [5.41, 5.74) is 0.554. The van der Waals surface area contributed by atoms with Crippen molar-refractivity contribution in [3.05, 3.63) is 34.1 Å². The van der Waals surface area contributed by atoms with Crippen molar-refractivity contribution in [3.63, 3.8) is 0 Å². The molecule has 1 aliphatic heterocycles. The molecule has 0 aliphatic carbocycles. The fourth-order valence-electron chi connectivity index (χ4n) is 2.60. The molecule has 1 saturated heterocycles. The minimum Gasteiger partial charge on any atom is -0.392 e. The average Bonchev–Trinajstić information content (AvgIpc) is 2.82. The van der Waals surface area contributed by atoms with E-state index in [0.29, 0.717) is 18.6 Å². The van der Waals surface area contributed by atoms with E-state index in [1.165, 1.54) is 6.07 Å². The van der Waals surface area contributed by atoms with Gasteiger partial charge in [-0.25, -0.2) is 4.39 Å². The molecule has 18 heavy (non-hydrogen) atoms. The fraction of sp³-hybridized carbons (Fsp3) is 0.571. The summed E-state index contributed by atoms with van der Waals surface area (Å²) in [5.74, 6) is -0.141. The molecule has 1 aliphatic rings. The standard InChI is InChI=1S/C14H18BrFO2/c1-2-14-11(5-6-18-14)13(17)8-9-7-10(15)3-4-12(9)16/h3-4,7,11,13-14,17H,2,5-6,8H2,1H3. The summed E-state index contributed by atoms with van der Waals surface area (Å²) in [4.78, 5) is 0. The molecule has 100 valence electrons. The van der Waals surface area contributed by atoms with Crippen LogP contribution in [0.15, 0.2) is 22.7 Å². The van der Waals surface area contributed by atoms with Crippen LogP contribution in [0, 0.1) is 11.7 Å². The molecule has 2 rings (SSSR count). The van der Waals surface area contributed by atoms with E-state index in [1.54, 1.807) is 12.1 Å². The van der Waals surface area contributed by atoms with E-state index in [4.69, 9.17) is 4.74 Å². The number of rotatable bonds is 4. The Hall–Kier alpha value is -0.450. The Bertz CT molecular complexity index is 411. The average molecular weight is 317 g/mol. The maximum absolute atomic E-state index is 13.6. The summed E-state index contributed by atoms with van der Waals surface area (Å²) >= 11 is 3.32. The summed E-state index contributed by atoms with van der Waals surface area (Å²) in [6.45, 7) is 2.75. The van der Waals surface area contributed by atoms with Crippen LogP contribution in [0.1, 0.15) is 25.3 Å². The number of hydrogen-bond acceptors (Lipinski definition) is 2. The first-order chi connectivity index (χ1) is 8.61. The van der Waals surface area contributed by atoms with Crippen molar-refractivity contribution in [1.29, 1.82) is 0 Å². The second kappa shape index (κ2) is 6.13. The van der Waals surface area contributed by atoms with E-state index in [9.17, 15) is 9.50 Å². The van der Waals surface area contributed by atoms with Crippen LogP contribution in [0.25, 0.3) is 0 Å². The molecule has 1 fully saturated rings. The molecule has 2 nitrogen and oxygen atoms in total. The fourth-order valence-corrected chi connectivity index (χ4v) is 3.01. The van der Waals surface area contributed by atoms with Crippen molar-refractivity contribution >= 4 is 15.9 Å². The molecular weight excluding hydrogens is 299 g/mol. The number of aliphatic hydroxyl groups excluding tert-OH is 1. The van der Waals surface area contributed by atoms with Gasteiger partial charge in [0.2, 0.25) is 0 Å². The number of halogens is 2. The van der Waals surface area contributed by atoms with E-state index in [0.717, 1.165) is 17.3 Å². The molecule has 0 spiro atoms. The molecule has 4 heteroatoms. The Morgan fingerprint density at radius 2 is 2.33 bits per heavy atom. The lowest BCUT2D eigenvalue weighted by Gasteiger charge is -2.23. The molecule has 0 aromatic heterocycles. The van der Waals surface area contributed by atoms with Gasteiger partial charge in [0.1, 0.15) is 5.82 Å². The van der Waals surface area contributed by atoms with Crippen molar-refractivity contribution in [2.75, 3.05) is 6.61 Å². The van der Waals surface area contributed by atoms with Crippen molar-refractivity contribution in [2.45, 2.75) is 38.4 Å². The summed E-state index contributed by atoms with van der Waals surface area (Å²) < 4.78 is 20.0. The van der Waals surface area contributed by atoms with Gasteiger partial charge in [-0.1, -0.05) is 22.9 Å². The lowest BCUT2D eigenvalue weighted by molar-refractivity contribution is 0.0314. The van der Waals surface area contributed by atoms with E-state index >= 15 is 0 Å². The highest BCUT2D eigenvalue weighted by molar-refractivity contribution is 9.10. The van der Waals surface area contributed by atoms with Gasteiger partial charge in [0.05, 0.1) is 12.2 Å². The maximum Gasteiger partial charge on any atom is 0.126 e. The van der Waals surface area contributed by atoms with Gasteiger partial charge in [0, 0.05) is 23.4 Å². The summed E-state index contributed by atoms with van der Waals surface area (Å²) in [6, 6.07) is 4.82. The third kappa shape index (κ3) is 3.11. The van der Waals surface area contributed by atoms with Crippen molar-refractivity contribution in [1.82, 2.24) is 0 Å². The Kier molecular flexibility index (Phi) is 4.76. The first-order valence-electron chi connectivity index (χ1n) is 6.35. The molecule has 0 saturated carbocycles. The smallest absolute Gasteiger partial charge is 0.126 e. The van der Waals surface area contributed by atoms with Crippen molar-refractivity contribution in [3.8, 4) is 0 Å². The minimum absolute atomic E-state index is 0.107. The molecule has 1 heterocycles. The van der Waals surface area contributed by atoms with Gasteiger partial charge in [-0.3, -0.25) is 0 Å². The SMILES string of the molecule is CCC1OCCC1C(O)Cc1cc(Br)ccc1F. The van der Waals surface area contributed by atoms with Crippen LogP contribution >= 0.6 is 15.9 Å². The van der Waals surface area contributed by atoms with E-state index in [-0.39, 0.29) is 17.8 Å². The van der Waals surface area contributed by atoms with E-state index in [1.807, 2.05) is 0 Å². The Balaban J connectivity index is 2.06. The zero-order valence-electron chi connectivity index (χ0n) is 10.4. The minimum atomic E-state index is -0.541. The van der Waals surface area contributed by atoms with Gasteiger partial charge >= 0.3 is 0 Å². The molecule has 1 N–H and O–H groups in total. The zero-order chi connectivity index (χ0) is 13.1. The predicted octanol–water partition coefficient (Wildman–Crippen LogP) is 3.31. The van der Waals surface area contributed by atoms with E-state index < -0.39 is 6.10 Å². The van der Waals surface area contributed by atoms with Crippen molar-refractivity contribution in [2.24, 2.45) is 5.92 Å². The first kappa shape index (κ1) is 14.0. The summed E-state index contributed by atoms with van der Waals surface area (Å²) in [7, 11) is 0. The number of aliphatic hydroxyl groups is 1. The second-order valence-corrected chi connectivity index (χ2v) is 5.69. The predicted molar refractivity (Wildman–Crippen MR) is 71.9 cm³/mol. The first-order valence-corrected chi connectivity index (χ1v) is 7.14. The highest BCUT2D eigenvalue weighted by atomic mass is 79.9. The molecule has 0 radical (unpaired) electrons. The number of hydrogen-bond donors (Lipinski definition) is 1. The largest absolute Gasteiger partial charge is 0.392 e. The van der Waals surface area contributed by atoms with Crippen LogP contribution in [0.5, 0.6) is 0 Å². The molecule has 1 aromatic carbocycles. The normalized spacial score (nSPS) is 25.3. The Labute approximate surface area is 115 Å². The Morgan fingerprint density at radius 3 is 3.06 bits per heavy atom. The highest BCUT2D eigenvalue weighted by Crippen LogP contribution is 2.29. The van der Waals surface area contributed by atoms with Crippen LogP contribution in [0.3, 0.4) is 0 Å².